The van der Waals surface area contributed by atoms with E-state index in [0.717, 1.165) is 28.3 Å². The van der Waals surface area contributed by atoms with Crippen molar-refractivity contribution in [3.63, 3.8) is 0 Å². The number of rotatable bonds is 8. The van der Waals surface area contributed by atoms with Crippen molar-refractivity contribution in [2.75, 3.05) is 25.7 Å². The third kappa shape index (κ3) is 5.93. The Morgan fingerprint density at radius 2 is 2.00 bits per heavy atom. The molecule has 24 heavy (non-hydrogen) atoms. The van der Waals surface area contributed by atoms with E-state index in [9.17, 15) is 13.2 Å². The van der Waals surface area contributed by atoms with Crippen LogP contribution in [-0.2, 0) is 21.1 Å². The van der Waals surface area contributed by atoms with E-state index in [1.807, 2.05) is 29.6 Å². The molecule has 130 valence electrons. The standard InChI is InChI=1S/C16H20N2O4S2/c1-22-13-5-3-12(4-6-13)14-11-23-16(18-14)8-7-15(19)17-9-10-24(2,20)21/h3-6,11H,7-10H2,1-2H3,(H,17,19). The zero-order valence-corrected chi connectivity index (χ0v) is 15.2. The molecule has 1 N–H and O–H groups in total. The number of carbonyl (C=O) groups is 1. The minimum absolute atomic E-state index is 0.0440. The van der Waals surface area contributed by atoms with Gasteiger partial charge < -0.3 is 10.1 Å². The van der Waals surface area contributed by atoms with Crippen molar-refractivity contribution in [3.8, 4) is 17.0 Å². The molecule has 0 radical (unpaired) electrons. The molecule has 1 heterocycles. The number of aromatic nitrogens is 1. The highest BCUT2D eigenvalue weighted by molar-refractivity contribution is 7.90. The third-order valence-corrected chi connectivity index (χ3v) is 5.15. The zero-order valence-electron chi connectivity index (χ0n) is 13.6. The van der Waals surface area contributed by atoms with Gasteiger partial charge in [0.05, 0.1) is 23.6 Å². The Morgan fingerprint density at radius 3 is 2.62 bits per heavy atom. The molecular formula is C16H20N2O4S2. The Hall–Kier alpha value is -1.93. The summed E-state index contributed by atoms with van der Waals surface area (Å²) in [6, 6.07) is 7.64. The second-order valence-electron chi connectivity index (χ2n) is 5.33. The zero-order chi connectivity index (χ0) is 17.6. The van der Waals surface area contributed by atoms with Gasteiger partial charge in [0.1, 0.15) is 15.6 Å². The van der Waals surface area contributed by atoms with Gasteiger partial charge in [-0.05, 0) is 24.3 Å². The molecule has 0 aliphatic carbocycles. The van der Waals surface area contributed by atoms with Crippen LogP contribution < -0.4 is 10.1 Å². The second-order valence-corrected chi connectivity index (χ2v) is 8.54. The summed E-state index contributed by atoms with van der Waals surface area (Å²) in [4.78, 5) is 16.2. The molecule has 0 saturated heterocycles. The number of nitrogens with one attached hydrogen (secondary N) is 1. The van der Waals surface area contributed by atoms with E-state index >= 15 is 0 Å². The first kappa shape index (κ1) is 18.4. The molecule has 0 bridgehead atoms. The van der Waals surface area contributed by atoms with Crippen LogP contribution in [0.4, 0.5) is 0 Å². The van der Waals surface area contributed by atoms with Gasteiger partial charge in [-0.15, -0.1) is 11.3 Å². The summed E-state index contributed by atoms with van der Waals surface area (Å²) in [5.41, 5.74) is 1.87. The van der Waals surface area contributed by atoms with Gasteiger partial charge in [-0.2, -0.15) is 0 Å². The van der Waals surface area contributed by atoms with Gasteiger partial charge in [0.2, 0.25) is 5.91 Å². The molecule has 0 saturated carbocycles. The molecule has 8 heteroatoms. The number of methoxy groups -OCH3 is 1. The first-order valence-electron chi connectivity index (χ1n) is 7.40. The predicted octanol–water partition coefficient (Wildman–Crippen LogP) is 1.91. The van der Waals surface area contributed by atoms with Crippen molar-refractivity contribution in [1.29, 1.82) is 0 Å². The van der Waals surface area contributed by atoms with E-state index in [1.54, 1.807) is 7.11 Å². The minimum Gasteiger partial charge on any atom is -0.497 e. The number of amides is 1. The van der Waals surface area contributed by atoms with Crippen molar-refractivity contribution in [1.82, 2.24) is 10.3 Å². The van der Waals surface area contributed by atoms with Gasteiger partial charge in [0.25, 0.3) is 0 Å². The lowest BCUT2D eigenvalue weighted by Crippen LogP contribution is -2.28. The van der Waals surface area contributed by atoms with Crippen LogP contribution in [0.25, 0.3) is 11.3 Å². The first-order chi connectivity index (χ1) is 11.4. The molecule has 0 fully saturated rings. The average molecular weight is 368 g/mol. The van der Waals surface area contributed by atoms with Gasteiger partial charge in [0, 0.05) is 36.6 Å². The van der Waals surface area contributed by atoms with Crippen molar-refractivity contribution in [3.05, 3.63) is 34.7 Å². The quantitative estimate of drug-likeness (QED) is 0.769. The number of nitrogens with zero attached hydrogens (tertiary/aromatic N) is 1. The third-order valence-electron chi connectivity index (χ3n) is 3.30. The van der Waals surface area contributed by atoms with Crippen LogP contribution in [0.5, 0.6) is 5.75 Å². The lowest BCUT2D eigenvalue weighted by atomic mass is 10.2. The number of hydrogen-bond acceptors (Lipinski definition) is 6. The molecule has 1 amide bonds. The highest BCUT2D eigenvalue weighted by Crippen LogP contribution is 2.24. The summed E-state index contributed by atoms with van der Waals surface area (Å²) >= 11 is 1.51. The average Bonchev–Trinajstić information content (AvgIpc) is 3.01. The number of ether oxygens (including phenoxy) is 1. The number of carbonyl (C=O) groups excluding carboxylic acids is 1. The molecule has 0 unspecified atom stereocenters. The Morgan fingerprint density at radius 1 is 1.29 bits per heavy atom. The molecular weight excluding hydrogens is 348 g/mol. The number of aryl methyl sites for hydroxylation is 1. The Kier molecular flexibility index (Phi) is 6.33. The lowest BCUT2D eigenvalue weighted by Gasteiger charge is -2.03. The molecule has 0 aliphatic rings. The summed E-state index contributed by atoms with van der Waals surface area (Å²) in [6.45, 7) is 0.145. The van der Waals surface area contributed by atoms with Gasteiger partial charge >= 0.3 is 0 Å². The van der Waals surface area contributed by atoms with Crippen LogP contribution in [0, 0.1) is 0 Å². The van der Waals surface area contributed by atoms with Gasteiger partial charge in [-0.3, -0.25) is 4.79 Å². The number of sulfone groups is 1. The van der Waals surface area contributed by atoms with Crippen LogP contribution in [0.15, 0.2) is 29.6 Å². The maximum atomic E-state index is 11.7. The topological polar surface area (TPSA) is 85.4 Å². The van der Waals surface area contributed by atoms with Gasteiger partial charge in [-0.25, -0.2) is 13.4 Å². The summed E-state index contributed by atoms with van der Waals surface area (Å²) in [5, 5.41) is 5.44. The number of hydrogen-bond donors (Lipinski definition) is 1. The summed E-state index contributed by atoms with van der Waals surface area (Å²) < 4.78 is 27.1. The van der Waals surface area contributed by atoms with Crippen molar-refractivity contribution in [2.24, 2.45) is 0 Å². The first-order valence-corrected chi connectivity index (χ1v) is 10.3. The highest BCUT2D eigenvalue weighted by atomic mass is 32.2. The molecule has 1 aromatic carbocycles. The molecule has 6 nitrogen and oxygen atoms in total. The van der Waals surface area contributed by atoms with Crippen LogP contribution >= 0.6 is 11.3 Å². The Balaban J connectivity index is 1.84. The highest BCUT2D eigenvalue weighted by Gasteiger charge is 2.09. The second kappa shape index (κ2) is 8.25. The molecule has 0 spiro atoms. The van der Waals surface area contributed by atoms with Crippen LogP contribution in [-0.4, -0.2) is 45.0 Å². The largest absolute Gasteiger partial charge is 0.497 e. The van der Waals surface area contributed by atoms with Crippen molar-refractivity contribution < 1.29 is 17.9 Å². The van der Waals surface area contributed by atoms with Gasteiger partial charge in [-0.1, -0.05) is 0 Å². The van der Waals surface area contributed by atoms with Crippen LogP contribution in [0.2, 0.25) is 0 Å². The predicted molar refractivity (Wildman–Crippen MR) is 95.1 cm³/mol. The van der Waals surface area contributed by atoms with Crippen LogP contribution in [0.3, 0.4) is 0 Å². The smallest absolute Gasteiger partial charge is 0.220 e. The van der Waals surface area contributed by atoms with Crippen molar-refractivity contribution in [2.45, 2.75) is 12.8 Å². The minimum atomic E-state index is -3.05. The maximum absolute atomic E-state index is 11.7. The fourth-order valence-electron chi connectivity index (χ4n) is 2.00. The van der Waals surface area contributed by atoms with E-state index in [2.05, 4.69) is 10.3 Å². The molecule has 0 aliphatic heterocycles. The Bertz CT molecular complexity index is 783. The monoisotopic (exact) mass is 368 g/mol. The summed E-state index contributed by atoms with van der Waals surface area (Å²) in [6.07, 6.45) is 1.97. The van der Waals surface area contributed by atoms with E-state index < -0.39 is 9.84 Å². The fourth-order valence-corrected chi connectivity index (χ4v) is 3.29. The molecule has 2 aromatic rings. The van der Waals surface area contributed by atoms with E-state index in [0.29, 0.717) is 12.8 Å². The van der Waals surface area contributed by atoms with Crippen LogP contribution in [0.1, 0.15) is 11.4 Å². The SMILES string of the molecule is COc1ccc(-c2csc(CCC(=O)NCCS(C)(=O)=O)n2)cc1. The fraction of sp³-hybridized carbons (Fsp3) is 0.375. The van der Waals surface area contributed by atoms with Gasteiger partial charge in [0.15, 0.2) is 0 Å². The summed E-state index contributed by atoms with van der Waals surface area (Å²) in [5.74, 6) is 0.581. The molecule has 1 aromatic heterocycles. The van der Waals surface area contributed by atoms with Crippen molar-refractivity contribution >= 4 is 27.1 Å². The molecule has 0 atom stereocenters. The Labute approximate surface area is 145 Å². The summed E-state index contributed by atoms with van der Waals surface area (Å²) in [7, 11) is -1.43. The normalized spacial score (nSPS) is 11.2. The molecule has 2 rings (SSSR count). The van der Waals surface area contributed by atoms with E-state index in [1.165, 1.54) is 11.3 Å². The van der Waals surface area contributed by atoms with E-state index in [-0.39, 0.29) is 18.2 Å². The lowest BCUT2D eigenvalue weighted by molar-refractivity contribution is -0.120. The maximum Gasteiger partial charge on any atom is 0.220 e. The number of benzene rings is 1. The number of thiazole rings is 1. The van der Waals surface area contributed by atoms with E-state index in [4.69, 9.17) is 4.74 Å².